The van der Waals surface area contributed by atoms with Gasteiger partial charge in [0.15, 0.2) is 11.5 Å². The van der Waals surface area contributed by atoms with E-state index in [-0.39, 0.29) is 0 Å². The minimum atomic E-state index is 0.360. The van der Waals surface area contributed by atoms with Crippen molar-refractivity contribution >= 4 is 0 Å². The van der Waals surface area contributed by atoms with E-state index in [1.54, 1.807) is 0 Å². The second-order valence-electron chi connectivity index (χ2n) is 11.8. The van der Waals surface area contributed by atoms with Crippen LogP contribution in [0.25, 0.3) is 0 Å². The molecular formula is C30H46O5. The molecule has 3 aliphatic carbocycles. The van der Waals surface area contributed by atoms with Gasteiger partial charge >= 0.3 is 0 Å². The molecule has 0 radical (unpaired) electrons. The van der Waals surface area contributed by atoms with Crippen LogP contribution in [0.1, 0.15) is 90.9 Å². The van der Waals surface area contributed by atoms with Crippen LogP contribution in [-0.2, 0) is 14.2 Å². The third kappa shape index (κ3) is 6.53. The third-order valence-corrected chi connectivity index (χ3v) is 9.24. The van der Waals surface area contributed by atoms with Gasteiger partial charge in [-0.2, -0.15) is 0 Å². The summed E-state index contributed by atoms with van der Waals surface area (Å²) < 4.78 is 26.7. The van der Waals surface area contributed by atoms with E-state index in [0.29, 0.717) is 31.2 Å². The van der Waals surface area contributed by atoms with Crippen molar-refractivity contribution in [3.05, 3.63) is 24.3 Å². The average Bonchev–Trinajstić information content (AvgIpc) is 3.48. The highest BCUT2D eigenvalue weighted by atomic mass is 16.7. The highest BCUT2D eigenvalue weighted by Crippen LogP contribution is 2.64. The Balaban J connectivity index is 0.0000000972. The average molecular weight is 487 g/mol. The van der Waals surface area contributed by atoms with Crippen molar-refractivity contribution in [1.82, 2.24) is 0 Å². The molecule has 7 aliphatic rings. The summed E-state index contributed by atoms with van der Waals surface area (Å²) in [4.78, 5) is 0. The number of ether oxygens (including phenoxy) is 5. The quantitative estimate of drug-likeness (QED) is 0.398. The molecule has 5 nitrogen and oxygen atoms in total. The summed E-state index contributed by atoms with van der Waals surface area (Å²) in [5.74, 6) is 3.92. The highest BCUT2D eigenvalue weighted by molar-refractivity contribution is 5.40. The normalized spacial score (nSPS) is 36.6. The topological polar surface area (TPSA) is 46.2 Å². The summed E-state index contributed by atoms with van der Waals surface area (Å²) in [6.45, 7) is 6.85. The molecule has 2 bridgehead atoms. The molecule has 3 saturated carbocycles. The molecular weight excluding hydrogens is 440 g/mol. The van der Waals surface area contributed by atoms with Crippen molar-refractivity contribution in [3.63, 3.8) is 0 Å². The highest BCUT2D eigenvalue weighted by Gasteiger charge is 2.57. The van der Waals surface area contributed by atoms with E-state index >= 15 is 0 Å². The predicted molar refractivity (Wildman–Crippen MR) is 137 cm³/mol. The van der Waals surface area contributed by atoms with Gasteiger partial charge in [-0.3, -0.25) is 0 Å². The summed E-state index contributed by atoms with van der Waals surface area (Å²) in [7, 11) is 0. The smallest absolute Gasteiger partial charge is 0.231 e. The summed E-state index contributed by atoms with van der Waals surface area (Å²) >= 11 is 0. The number of para-hydroxylation sites is 2. The number of benzene rings is 1. The van der Waals surface area contributed by atoms with Crippen LogP contribution in [0.4, 0.5) is 0 Å². The maximum atomic E-state index is 5.56. The van der Waals surface area contributed by atoms with Crippen LogP contribution in [0, 0.1) is 17.3 Å². The number of fused-ring (bicyclic) bond motifs is 5. The summed E-state index contributed by atoms with van der Waals surface area (Å²) in [6, 6.07) is 7.63. The Hall–Kier alpha value is -1.30. The Bertz CT molecular complexity index is 714. The fourth-order valence-electron chi connectivity index (χ4n) is 7.00. The molecule has 4 heterocycles. The van der Waals surface area contributed by atoms with E-state index in [0.717, 1.165) is 42.0 Å². The van der Waals surface area contributed by atoms with Gasteiger partial charge in [-0.25, -0.2) is 0 Å². The third-order valence-electron chi connectivity index (χ3n) is 9.24. The van der Waals surface area contributed by atoms with Crippen LogP contribution in [-0.4, -0.2) is 44.4 Å². The fraction of sp³-hybridized carbons (Fsp3) is 0.800. The first kappa shape index (κ1) is 25.4. The number of hydrogen-bond acceptors (Lipinski definition) is 5. The van der Waals surface area contributed by atoms with Gasteiger partial charge < -0.3 is 23.7 Å². The van der Waals surface area contributed by atoms with Crippen LogP contribution in [0.3, 0.4) is 0 Å². The molecule has 3 saturated heterocycles. The number of rotatable bonds is 0. The summed E-state index contributed by atoms with van der Waals surface area (Å²) in [5, 5.41) is 0. The SMILES string of the molecule is C1CC2CCC1O2.C1CCC2OCCOC2C1.CC1(C)C2CCCCC21.c1ccc2c(c1)OCO2. The summed E-state index contributed by atoms with van der Waals surface area (Å²) in [6.07, 6.45) is 18.7. The van der Waals surface area contributed by atoms with Crippen molar-refractivity contribution in [3.8, 4) is 11.5 Å². The lowest BCUT2D eigenvalue weighted by atomic mass is 9.94. The Morgan fingerprint density at radius 2 is 1.09 bits per heavy atom. The van der Waals surface area contributed by atoms with Gasteiger partial charge in [-0.1, -0.05) is 51.7 Å². The zero-order valence-electron chi connectivity index (χ0n) is 21.9. The van der Waals surface area contributed by atoms with Gasteiger partial charge in [0.2, 0.25) is 6.79 Å². The first-order valence-corrected chi connectivity index (χ1v) is 14.3. The van der Waals surface area contributed by atoms with E-state index in [4.69, 9.17) is 23.7 Å². The minimum absolute atomic E-state index is 0.360. The van der Waals surface area contributed by atoms with E-state index in [1.807, 2.05) is 24.3 Å². The lowest BCUT2D eigenvalue weighted by Crippen LogP contribution is -2.40. The van der Waals surface area contributed by atoms with E-state index in [1.165, 1.54) is 77.0 Å². The zero-order valence-corrected chi connectivity index (χ0v) is 21.9. The van der Waals surface area contributed by atoms with E-state index < -0.39 is 0 Å². The van der Waals surface area contributed by atoms with Crippen LogP contribution in [0.2, 0.25) is 0 Å². The largest absolute Gasteiger partial charge is 0.454 e. The van der Waals surface area contributed by atoms with Crippen molar-refractivity contribution in [2.24, 2.45) is 17.3 Å². The second kappa shape index (κ2) is 11.8. The molecule has 0 N–H and O–H groups in total. The van der Waals surface area contributed by atoms with Gasteiger partial charge in [0.25, 0.3) is 0 Å². The van der Waals surface area contributed by atoms with Crippen LogP contribution < -0.4 is 9.47 Å². The van der Waals surface area contributed by atoms with Crippen LogP contribution in [0.5, 0.6) is 11.5 Å². The molecule has 196 valence electrons. The first-order valence-electron chi connectivity index (χ1n) is 14.3. The maximum absolute atomic E-state index is 5.56. The maximum Gasteiger partial charge on any atom is 0.231 e. The molecule has 4 unspecified atom stereocenters. The van der Waals surface area contributed by atoms with Gasteiger partial charge in [0, 0.05) is 0 Å². The van der Waals surface area contributed by atoms with Gasteiger partial charge in [0.1, 0.15) is 0 Å². The fourth-order valence-corrected chi connectivity index (χ4v) is 7.00. The van der Waals surface area contributed by atoms with Gasteiger partial charge in [-0.15, -0.1) is 0 Å². The predicted octanol–water partition coefficient (Wildman–Crippen LogP) is 6.92. The van der Waals surface area contributed by atoms with Crippen molar-refractivity contribution < 1.29 is 23.7 Å². The van der Waals surface area contributed by atoms with Crippen molar-refractivity contribution in [1.29, 1.82) is 0 Å². The van der Waals surface area contributed by atoms with Gasteiger partial charge in [0.05, 0.1) is 37.6 Å². The second-order valence-corrected chi connectivity index (χ2v) is 11.8. The monoisotopic (exact) mass is 486 g/mol. The molecule has 0 amide bonds. The molecule has 35 heavy (non-hydrogen) atoms. The van der Waals surface area contributed by atoms with Crippen molar-refractivity contribution in [2.75, 3.05) is 20.0 Å². The lowest BCUT2D eigenvalue weighted by molar-refractivity contribution is -0.153. The Morgan fingerprint density at radius 1 is 0.629 bits per heavy atom. The first-order chi connectivity index (χ1) is 17.1. The minimum Gasteiger partial charge on any atom is -0.454 e. The van der Waals surface area contributed by atoms with Crippen LogP contribution in [0.15, 0.2) is 24.3 Å². The summed E-state index contributed by atoms with van der Waals surface area (Å²) in [5.41, 5.74) is 0.747. The Morgan fingerprint density at radius 3 is 1.49 bits per heavy atom. The molecule has 4 aliphatic heterocycles. The van der Waals surface area contributed by atoms with E-state index in [2.05, 4.69) is 13.8 Å². The molecule has 0 aromatic heterocycles. The molecule has 4 atom stereocenters. The Kier molecular flexibility index (Phi) is 8.57. The molecule has 6 fully saturated rings. The van der Waals surface area contributed by atoms with E-state index in [9.17, 15) is 0 Å². The number of hydrogen-bond donors (Lipinski definition) is 0. The molecule has 0 spiro atoms. The van der Waals surface area contributed by atoms with Crippen LogP contribution >= 0.6 is 0 Å². The molecule has 1 aromatic carbocycles. The lowest BCUT2D eigenvalue weighted by Gasteiger charge is -2.35. The van der Waals surface area contributed by atoms with Crippen molar-refractivity contribution in [2.45, 2.75) is 115 Å². The molecule has 1 aromatic rings. The molecule has 5 heteroatoms. The Labute approximate surface area is 212 Å². The standard InChI is InChI=1S/C9H16.C8H14O2.C7H6O2.C6H10O/c1-9(2)7-5-3-4-6-8(7)9;1-2-4-8-7(3-1)9-5-6-10-8;1-2-4-7-6(3-1)8-5-9-7;1-2-6-4-3-5(1)7-6/h7-8H,3-6H2,1-2H3;7-8H,1-6H2;1-4H,5H2;5-6H,1-4H2. The van der Waals surface area contributed by atoms with Gasteiger partial charge in [-0.05, 0) is 80.8 Å². The zero-order chi connectivity index (χ0) is 24.1. The molecule has 8 rings (SSSR count).